The molecule has 78 valence electrons. The molecule has 1 aromatic rings. The minimum Gasteiger partial charge on any atom is -0.390 e. The zero-order valence-electron chi connectivity index (χ0n) is 8.51. The Bertz CT molecular complexity index is 329. The Morgan fingerprint density at radius 2 is 2.14 bits per heavy atom. The highest BCUT2D eigenvalue weighted by Crippen LogP contribution is 2.43. The molecule has 2 atom stereocenters. The second-order valence-electron chi connectivity index (χ2n) is 4.07. The van der Waals surface area contributed by atoms with Crippen molar-refractivity contribution in [1.29, 1.82) is 0 Å². The summed E-state index contributed by atoms with van der Waals surface area (Å²) in [4.78, 5) is 0. The molecule has 4 heteroatoms. The molecule has 0 aromatic carbocycles. The average molecular weight is 196 g/mol. The third-order valence-corrected chi connectivity index (χ3v) is 2.77. The van der Waals surface area contributed by atoms with Crippen molar-refractivity contribution in [3.63, 3.8) is 0 Å². The monoisotopic (exact) mass is 196 g/mol. The number of hydrogen-bond donors (Lipinski definition) is 2. The summed E-state index contributed by atoms with van der Waals surface area (Å²) in [6, 6.07) is 0. The minimum atomic E-state index is -0.821. The third kappa shape index (κ3) is 1.55. The normalized spacial score (nSPS) is 20.9. The van der Waals surface area contributed by atoms with Gasteiger partial charge in [-0.2, -0.15) is 5.10 Å². The average Bonchev–Trinajstić information content (AvgIpc) is 2.89. The highest BCUT2D eigenvalue weighted by atomic mass is 16.3. The van der Waals surface area contributed by atoms with Gasteiger partial charge in [-0.15, -0.1) is 0 Å². The zero-order chi connectivity index (χ0) is 10.3. The van der Waals surface area contributed by atoms with Gasteiger partial charge in [0.2, 0.25) is 0 Å². The minimum absolute atomic E-state index is 0.548. The van der Waals surface area contributed by atoms with Crippen molar-refractivity contribution in [1.82, 2.24) is 9.78 Å². The van der Waals surface area contributed by atoms with Crippen LogP contribution in [0.1, 0.15) is 43.0 Å². The molecule has 0 spiro atoms. The van der Waals surface area contributed by atoms with Gasteiger partial charge < -0.3 is 10.2 Å². The summed E-state index contributed by atoms with van der Waals surface area (Å²) in [5, 5.41) is 23.3. The summed E-state index contributed by atoms with van der Waals surface area (Å²) >= 11 is 0. The molecule has 0 aliphatic heterocycles. The van der Waals surface area contributed by atoms with Crippen molar-refractivity contribution >= 4 is 0 Å². The van der Waals surface area contributed by atoms with Crippen LogP contribution < -0.4 is 0 Å². The second-order valence-corrected chi connectivity index (χ2v) is 4.07. The number of aliphatic hydroxyl groups is 2. The van der Waals surface area contributed by atoms with Crippen LogP contribution in [0.3, 0.4) is 0 Å². The molecule has 2 N–H and O–H groups in total. The van der Waals surface area contributed by atoms with Gasteiger partial charge >= 0.3 is 0 Å². The quantitative estimate of drug-likeness (QED) is 0.748. The molecule has 1 heterocycles. The molecule has 1 aliphatic carbocycles. The largest absolute Gasteiger partial charge is 0.390 e. The van der Waals surface area contributed by atoms with E-state index >= 15 is 0 Å². The Morgan fingerprint density at radius 3 is 2.64 bits per heavy atom. The van der Waals surface area contributed by atoms with E-state index in [1.165, 1.54) is 12.8 Å². The molecule has 1 fully saturated rings. The SMILES string of the molecule is CC(O)C(O)c1c(C2CC2)cnn1C. The molecule has 1 saturated carbocycles. The Kier molecular flexibility index (Phi) is 2.33. The molecule has 0 saturated heterocycles. The Hall–Kier alpha value is -0.870. The lowest BCUT2D eigenvalue weighted by Gasteiger charge is -2.15. The van der Waals surface area contributed by atoms with E-state index in [1.54, 1.807) is 24.9 Å². The fourth-order valence-electron chi connectivity index (χ4n) is 1.76. The fraction of sp³-hybridized carbons (Fsp3) is 0.700. The van der Waals surface area contributed by atoms with Gasteiger partial charge in [-0.05, 0) is 31.2 Å². The number of nitrogens with zero attached hydrogens (tertiary/aromatic N) is 2. The van der Waals surface area contributed by atoms with E-state index in [-0.39, 0.29) is 0 Å². The highest BCUT2D eigenvalue weighted by Gasteiger charge is 2.31. The maximum Gasteiger partial charge on any atom is 0.121 e. The van der Waals surface area contributed by atoms with Crippen LogP contribution in [0.25, 0.3) is 0 Å². The lowest BCUT2D eigenvalue weighted by atomic mass is 10.0. The topological polar surface area (TPSA) is 58.3 Å². The van der Waals surface area contributed by atoms with Gasteiger partial charge in [-0.3, -0.25) is 4.68 Å². The van der Waals surface area contributed by atoms with E-state index in [2.05, 4.69) is 5.10 Å². The molecule has 1 aromatic heterocycles. The molecule has 0 bridgehead atoms. The molecule has 2 unspecified atom stereocenters. The summed E-state index contributed by atoms with van der Waals surface area (Å²) in [6.07, 6.45) is 2.58. The van der Waals surface area contributed by atoms with Crippen LogP contribution >= 0.6 is 0 Å². The molecule has 2 rings (SSSR count). The first-order chi connectivity index (χ1) is 6.61. The van der Waals surface area contributed by atoms with Gasteiger partial charge in [0.1, 0.15) is 6.10 Å². The van der Waals surface area contributed by atoms with Crippen molar-refractivity contribution in [2.75, 3.05) is 0 Å². The van der Waals surface area contributed by atoms with E-state index in [0.717, 1.165) is 11.3 Å². The standard InChI is InChI=1S/C10H16N2O2/c1-6(13)10(14)9-8(7-3-4-7)5-11-12(9)2/h5-7,10,13-14H,3-4H2,1-2H3. The van der Waals surface area contributed by atoms with E-state index in [0.29, 0.717) is 5.92 Å². The Labute approximate surface area is 83.2 Å². The van der Waals surface area contributed by atoms with E-state index in [1.807, 2.05) is 0 Å². The van der Waals surface area contributed by atoms with E-state index in [9.17, 15) is 10.2 Å². The predicted molar refractivity (Wildman–Crippen MR) is 51.8 cm³/mol. The highest BCUT2D eigenvalue weighted by molar-refractivity contribution is 5.28. The maximum atomic E-state index is 9.81. The predicted octanol–water partition coefficient (Wildman–Crippen LogP) is 0.712. The van der Waals surface area contributed by atoms with Crippen LogP contribution in [0.5, 0.6) is 0 Å². The summed E-state index contributed by atoms with van der Waals surface area (Å²) in [7, 11) is 1.80. The van der Waals surface area contributed by atoms with Crippen LogP contribution in [0.15, 0.2) is 6.20 Å². The fourth-order valence-corrected chi connectivity index (χ4v) is 1.76. The lowest BCUT2D eigenvalue weighted by Crippen LogP contribution is -2.18. The molecular formula is C10H16N2O2. The molecule has 0 radical (unpaired) electrons. The first-order valence-corrected chi connectivity index (χ1v) is 4.99. The van der Waals surface area contributed by atoms with E-state index in [4.69, 9.17) is 0 Å². The van der Waals surface area contributed by atoms with Gasteiger partial charge in [-0.25, -0.2) is 0 Å². The van der Waals surface area contributed by atoms with Crippen LogP contribution in [0, 0.1) is 0 Å². The van der Waals surface area contributed by atoms with Crippen molar-refractivity contribution in [3.8, 4) is 0 Å². The van der Waals surface area contributed by atoms with E-state index < -0.39 is 12.2 Å². The van der Waals surface area contributed by atoms with Gasteiger partial charge in [0.15, 0.2) is 0 Å². The molecule has 14 heavy (non-hydrogen) atoms. The first-order valence-electron chi connectivity index (χ1n) is 4.99. The van der Waals surface area contributed by atoms with Gasteiger partial charge in [-0.1, -0.05) is 0 Å². The third-order valence-electron chi connectivity index (χ3n) is 2.77. The van der Waals surface area contributed by atoms with Crippen molar-refractivity contribution in [2.45, 2.75) is 37.9 Å². The first kappa shape index (κ1) is 9.68. The van der Waals surface area contributed by atoms with Crippen LogP contribution in [0.4, 0.5) is 0 Å². The van der Waals surface area contributed by atoms with Crippen molar-refractivity contribution < 1.29 is 10.2 Å². The number of aryl methyl sites for hydroxylation is 1. The van der Waals surface area contributed by atoms with Gasteiger partial charge in [0.05, 0.1) is 18.0 Å². The summed E-state index contributed by atoms with van der Waals surface area (Å²) in [6.45, 7) is 1.59. The van der Waals surface area contributed by atoms with Crippen LogP contribution in [0.2, 0.25) is 0 Å². The van der Waals surface area contributed by atoms with Crippen molar-refractivity contribution in [2.24, 2.45) is 7.05 Å². The van der Waals surface area contributed by atoms with Gasteiger partial charge in [0.25, 0.3) is 0 Å². The molecule has 1 aliphatic rings. The summed E-state index contributed by atoms with van der Waals surface area (Å²) in [5.74, 6) is 0.548. The zero-order valence-corrected chi connectivity index (χ0v) is 8.51. The second kappa shape index (κ2) is 3.37. The lowest BCUT2D eigenvalue weighted by molar-refractivity contribution is 0.0249. The Balaban J connectivity index is 2.33. The molecule has 0 amide bonds. The van der Waals surface area contributed by atoms with Crippen molar-refractivity contribution in [3.05, 3.63) is 17.5 Å². The maximum absolute atomic E-state index is 9.81. The van der Waals surface area contributed by atoms with Crippen LogP contribution in [-0.2, 0) is 7.05 Å². The van der Waals surface area contributed by atoms with Gasteiger partial charge in [0, 0.05) is 7.05 Å². The smallest absolute Gasteiger partial charge is 0.121 e. The number of hydrogen-bond acceptors (Lipinski definition) is 3. The summed E-state index contributed by atoms with van der Waals surface area (Å²) in [5.41, 5.74) is 1.86. The molecular weight excluding hydrogens is 180 g/mol. The molecule has 4 nitrogen and oxygen atoms in total. The Morgan fingerprint density at radius 1 is 1.50 bits per heavy atom. The van der Waals surface area contributed by atoms with Crippen LogP contribution in [-0.4, -0.2) is 26.1 Å². The summed E-state index contributed by atoms with van der Waals surface area (Å²) < 4.78 is 1.66. The number of aliphatic hydroxyl groups excluding tert-OH is 2. The number of rotatable bonds is 3. The number of aromatic nitrogens is 2.